The summed E-state index contributed by atoms with van der Waals surface area (Å²) >= 11 is 0. The molecule has 1 nitrogen and oxygen atoms in total. The summed E-state index contributed by atoms with van der Waals surface area (Å²) in [4.78, 5) is 0. The van der Waals surface area contributed by atoms with Crippen molar-refractivity contribution in [2.24, 2.45) is 11.8 Å². The van der Waals surface area contributed by atoms with Gasteiger partial charge in [-0.05, 0) is 31.7 Å². The van der Waals surface area contributed by atoms with E-state index in [2.05, 4.69) is 32.7 Å². The Bertz CT molecular complexity index is 118. The standard InChI is InChI=1S/C11H23N/c1-6-7-8-11(12-5)10(4)9(2)3/h6,9-12H,1,7-8H2,2-5H3. The van der Waals surface area contributed by atoms with Gasteiger partial charge in [0.15, 0.2) is 0 Å². The number of hydrogen-bond acceptors (Lipinski definition) is 1. The van der Waals surface area contributed by atoms with Gasteiger partial charge in [-0.3, -0.25) is 0 Å². The van der Waals surface area contributed by atoms with Crippen molar-refractivity contribution in [1.29, 1.82) is 0 Å². The van der Waals surface area contributed by atoms with Gasteiger partial charge >= 0.3 is 0 Å². The first-order chi connectivity index (χ1) is 5.63. The fraction of sp³-hybridized carbons (Fsp3) is 0.818. The molecule has 0 bridgehead atoms. The second kappa shape index (κ2) is 6.24. The van der Waals surface area contributed by atoms with Crippen LogP contribution in [0.25, 0.3) is 0 Å². The molecular weight excluding hydrogens is 146 g/mol. The molecule has 2 unspecified atom stereocenters. The summed E-state index contributed by atoms with van der Waals surface area (Å²) in [6, 6.07) is 0.642. The molecule has 0 fully saturated rings. The predicted molar refractivity (Wildman–Crippen MR) is 56.3 cm³/mol. The number of hydrogen-bond donors (Lipinski definition) is 1. The van der Waals surface area contributed by atoms with Gasteiger partial charge in [0, 0.05) is 6.04 Å². The van der Waals surface area contributed by atoms with E-state index in [0.717, 1.165) is 18.3 Å². The zero-order chi connectivity index (χ0) is 9.56. The van der Waals surface area contributed by atoms with Gasteiger partial charge < -0.3 is 5.32 Å². The molecule has 0 aromatic carbocycles. The van der Waals surface area contributed by atoms with Crippen molar-refractivity contribution in [3.63, 3.8) is 0 Å². The first-order valence-electron chi connectivity index (χ1n) is 4.91. The summed E-state index contributed by atoms with van der Waals surface area (Å²) in [5.41, 5.74) is 0. The Balaban J connectivity index is 3.86. The molecule has 0 aliphatic rings. The highest BCUT2D eigenvalue weighted by molar-refractivity contribution is 4.78. The molecule has 0 rings (SSSR count). The third-order valence-electron chi connectivity index (χ3n) is 2.74. The molecule has 0 saturated heterocycles. The highest BCUT2D eigenvalue weighted by Gasteiger charge is 2.17. The van der Waals surface area contributed by atoms with Crippen molar-refractivity contribution >= 4 is 0 Å². The van der Waals surface area contributed by atoms with Crippen LogP contribution in [0.15, 0.2) is 12.7 Å². The normalized spacial score (nSPS) is 16.1. The Morgan fingerprint density at radius 2 is 1.92 bits per heavy atom. The molecule has 0 radical (unpaired) electrons. The highest BCUT2D eigenvalue weighted by Crippen LogP contribution is 2.17. The SMILES string of the molecule is C=CCCC(NC)C(C)C(C)C. The lowest BCUT2D eigenvalue weighted by molar-refractivity contribution is 0.299. The molecule has 1 heteroatoms. The van der Waals surface area contributed by atoms with E-state index in [9.17, 15) is 0 Å². The van der Waals surface area contributed by atoms with E-state index in [1.807, 2.05) is 13.1 Å². The monoisotopic (exact) mass is 169 g/mol. The molecule has 2 atom stereocenters. The summed E-state index contributed by atoms with van der Waals surface area (Å²) in [6.45, 7) is 10.6. The minimum Gasteiger partial charge on any atom is -0.317 e. The average Bonchev–Trinajstić information content (AvgIpc) is 2.05. The van der Waals surface area contributed by atoms with E-state index in [1.54, 1.807) is 0 Å². The van der Waals surface area contributed by atoms with Crippen LogP contribution in [-0.2, 0) is 0 Å². The van der Waals surface area contributed by atoms with Gasteiger partial charge in [0.2, 0.25) is 0 Å². The zero-order valence-electron chi connectivity index (χ0n) is 8.93. The number of allylic oxidation sites excluding steroid dienone is 1. The van der Waals surface area contributed by atoms with E-state index < -0.39 is 0 Å². The van der Waals surface area contributed by atoms with Crippen LogP contribution in [0.2, 0.25) is 0 Å². The summed E-state index contributed by atoms with van der Waals surface area (Å²) in [5.74, 6) is 1.50. The van der Waals surface area contributed by atoms with Gasteiger partial charge in [0.25, 0.3) is 0 Å². The molecule has 0 aromatic rings. The Kier molecular flexibility index (Phi) is 6.09. The minimum absolute atomic E-state index is 0.642. The fourth-order valence-corrected chi connectivity index (χ4v) is 1.43. The number of rotatable bonds is 6. The largest absolute Gasteiger partial charge is 0.317 e. The average molecular weight is 169 g/mol. The third kappa shape index (κ3) is 3.91. The van der Waals surface area contributed by atoms with Gasteiger partial charge in [-0.25, -0.2) is 0 Å². The lowest BCUT2D eigenvalue weighted by Crippen LogP contribution is -2.34. The Morgan fingerprint density at radius 1 is 1.33 bits per heavy atom. The van der Waals surface area contributed by atoms with Crippen LogP contribution in [0.1, 0.15) is 33.6 Å². The lowest BCUT2D eigenvalue weighted by Gasteiger charge is -2.26. The van der Waals surface area contributed by atoms with Crippen molar-refractivity contribution < 1.29 is 0 Å². The van der Waals surface area contributed by atoms with Crippen molar-refractivity contribution in [2.45, 2.75) is 39.7 Å². The maximum absolute atomic E-state index is 3.74. The van der Waals surface area contributed by atoms with E-state index in [0.29, 0.717) is 6.04 Å². The predicted octanol–water partition coefficient (Wildman–Crippen LogP) is 2.83. The van der Waals surface area contributed by atoms with E-state index in [1.165, 1.54) is 6.42 Å². The molecule has 0 heterocycles. The maximum Gasteiger partial charge on any atom is 0.00950 e. The van der Waals surface area contributed by atoms with Crippen molar-refractivity contribution in [3.8, 4) is 0 Å². The van der Waals surface area contributed by atoms with Gasteiger partial charge in [0.05, 0.1) is 0 Å². The van der Waals surface area contributed by atoms with Crippen LogP contribution in [0, 0.1) is 11.8 Å². The Labute approximate surface area is 77.2 Å². The molecule has 0 aromatic heterocycles. The molecule has 1 N–H and O–H groups in total. The van der Waals surface area contributed by atoms with Crippen LogP contribution < -0.4 is 5.32 Å². The fourth-order valence-electron chi connectivity index (χ4n) is 1.43. The smallest absolute Gasteiger partial charge is 0.00950 e. The molecule has 12 heavy (non-hydrogen) atoms. The van der Waals surface area contributed by atoms with Gasteiger partial charge in [-0.1, -0.05) is 26.8 Å². The highest BCUT2D eigenvalue weighted by atomic mass is 14.9. The van der Waals surface area contributed by atoms with Crippen molar-refractivity contribution in [3.05, 3.63) is 12.7 Å². The van der Waals surface area contributed by atoms with E-state index >= 15 is 0 Å². The third-order valence-corrected chi connectivity index (χ3v) is 2.74. The second-order valence-electron chi connectivity index (χ2n) is 3.86. The topological polar surface area (TPSA) is 12.0 Å². The second-order valence-corrected chi connectivity index (χ2v) is 3.86. The van der Waals surface area contributed by atoms with E-state index in [4.69, 9.17) is 0 Å². The van der Waals surface area contributed by atoms with Crippen molar-refractivity contribution in [2.75, 3.05) is 7.05 Å². The molecule has 0 aliphatic heterocycles. The first kappa shape index (κ1) is 11.7. The van der Waals surface area contributed by atoms with Crippen molar-refractivity contribution in [1.82, 2.24) is 5.32 Å². The van der Waals surface area contributed by atoms with Crippen LogP contribution >= 0.6 is 0 Å². The van der Waals surface area contributed by atoms with E-state index in [-0.39, 0.29) is 0 Å². The molecule has 0 aliphatic carbocycles. The van der Waals surface area contributed by atoms with Gasteiger partial charge in [0.1, 0.15) is 0 Å². The Hall–Kier alpha value is -0.300. The summed E-state index contributed by atoms with van der Waals surface area (Å²) < 4.78 is 0. The quantitative estimate of drug-likeness (QED) is 0.603. The van der Waals surface area contributed by atoms with Gasteiger partial charge in [-0.15, -0.1) is 6.58 Å². The molecule has 0 amide bonds. The lowest BCUT2D eigenvalue weighted by atomic mass is 9.88. The van der Waals surface area contributed by atoms with Crippen LogP contribution in [0.3, 0.4) is 0 Å². The summed E-state index contributed by atoms with van der Waals surface area (Å²) in [7, 11) is 2.05. The molecule has 72 valence electrons. The van der Waals surface area contributed by atoms with Crippen LogP contribution in [0.5, 0.6) is 0 Å². The van der Waals surface area contributed by atoms with Gasteiger partial charge in [-0.2, -0.15) is 0 Å². The molecular formula is C11H23N. The first-order valence-corrected chi connectivity index (χ1v) is 4.91. The number of nitrogens with one attached hydrogen (secondary N) is 1. The minimum atomic E-state index is 0.642. The van der Waals surface area contributed by atoms with Crippen LogP contribution in [0.4, 0.5) is 0 Å². The summed E-state index contributed by atoms with van der Waals surface area (Å²) in [6.07, 6.45) is 4.32. The van der Waals surface area contributed by atoms with Crippen LogP contribution in [-0.4, -0.2) is 13.1 Å². The Morgan fingerprint density at radius 3 is 2.25 bits per heavy atom. The molecule has 0 spiro atoms. The summed E-state index contributed by atoms with van der Waals surface area (Å²) in [5, 5.41) is 3.37. The maximum atomic E-state index is 3.74. The zero-order valence-corrected chi connectivity index (χ0v) is 8.93. The molecule has 0 saturated carbocycles.